The highest BCUT2D eigenvalue weighted by molar-refractivity contribution is 6.32. The number of pyridine rings is 1. The Morgan fingerprint density at radius 3 is 2.71 bits per heavy atom. The molecule has 4 heterocycles. The maximum atomic E-state index is 13.7. The molecule has 5 rings (SSSR count). The molecule has 8 nitrogen and oxygen atoms in total. The summed E-state index contributed by atoms with van der Waals surface area (Å²) < 4.78 is 0. The standard InChI is InChI=1S/C22H20ClN7O/c1-12-10-18(21-27-16-6-5-15(23)14(3)19(16)28-21)29(11-12)22(31)20-17(7-4-13(2)26-20)30-24-8-9-25-30/h4-9,18H,1,10-11H2,2-3H3,(H,27,28)/t18-/m0/s1. The molecule has 0 spiro atoms. The summed E-state index contributed by atoms with van der Waals surface area (Å²) in [5.74, 6) is 0.494. The molecule has 0 bridgehead atoms. The van der Waals surface area contributed by atoms with Gasteiger partial charge in [0.15, 0.2) is 5.69 Å². The van der Waals surface area contributed by atoms with Gasteiger partial charge in [0.1, 0.15) is 11.5 Å². The Bertz CT molecular complexity index is 1330. The van der Waals surface area contributed by atoms with Crippen LogP contribution in [0, 0.1) is 13.8 Å². The number of nitrogens with zero attached hydrogens (tertiary/aromatic N) is 6. The van der Waals surface area contributed by atoms with Gasteiger partial charge in [-0.15, -0.1) is 4.80 Å². The van der Waals surface area contributed by atoms with Gasteiger partial charge in [0.05, 0.1) is 29.5 Å². The van der Waals surface area contributed by atoms with Gasteiger partial charge in [0, 0.05) is 17.3 Å². The third-order valence-corrected chi connectivity index (χ3v) is 5.95. The number of H-pyrrole nitrogens is 1. The molecule has 156 valence electrons. The predicted octanol–water partition coefficient (Wildman–Crippen LogP) is 3.95. The van der Waals surface area contributed by atoms with Gasteiger partial charge in [0.2, 0.25) is 0 Å². The van der Waals surface area contributed by atoms with Gasteiger partial charge < -0.3 is 9.88 Å². The van der Waals surface area contributed by atoms with E-state index in [0.717, 1.165) is 27.9 Å². The minimum absolute atomic E-state index is 0.213. The average Bonchev–Trinajstić information content (AvgIpc) is 3.49. The summed E-state index contributed by atoms with van der Waals surface area (Å²) in [6.07, 6.45) is 3.76. The molecule has 0 aliphatic carbocycles. The second-order valence-corrected chi connectivity index (χ2v) is 8.14. The van der Waals surface area contributed by atoms with E-state index in [1.165, 1.54) is 4.80 Å². The lowest BCUT2D eigenvalue weighted by atomic mass is 10.1. The Kier molecular flexibility index (Phi) is 4.59. The minimum atomic E-state index is -0.272. The molecular formula is C22H20ClN7O. The largest absolute Gasteiger partial charge is 0.340 e. The van der Waals surface area contributed by atoms with Crippen LogP contribution >= 0.6 is 11.6 Å². The molecule has 4 aromatic rings. The van der Waals surface area contributed by atoms with Crippen molar-refractivity contribution in [3.8, 4) is 5.69 Å². The summed E-state index contributed by atoms with van der Waals surface area (Å²) in [6, 6.07) is 7.12. The summed E-state index contributed by atoms with van der Waals surface area (Å²) in [5, 5.41) is 9.00. The highest BCUT2D eigenvalue weighted by Gasteiger charge is 2.36. The minimum Gasteiger partial charge on any atom is -0.340 e. The number of likely N-dealkylation sites (tertiary alicyclic amines) is 1. The number of carbonyl (C=O) groups excluding carboxylic acids is 1. The molecule has 1 N–H and O–H groups in total. The summed E-state index contributed by atoms with van der Waals surface area (Å²) in [7, 11) is 0. The van der Waals surface area contributed by atoms with Crippen LogP contribution in [0.15, 0.2) is 48.8 Å². The van der Waals surface area contributed by atoms with Gasteiger partial charge >= 0.3 is 0 Å². The number of nitrogens with one attached hydrogen (secondary N) is 1. The number of aromatic amines is 1. The SMILES string of the molecule is C=C1C[C@@H](c2nc3c(C)c(Cl)ccc3[nH]2)N(C(=O)c2nc(C)ccc2-n2nccn2)C1. The molecular weight excluding hydrogens is 414 g/mol. The first-order chi connectivity index (χ1) is 14.9. The maximum Gasteiger partial charge on any atom is 0.275 e. The van der Waals surface area contributed by atoms with E-state index in [4.69, 9.17) is 16.6 Å². The summed E-state index contributed by atoms with van der Waals surface area (Å²) in [6.45, 7) is 8.34. The Hall–Kier alpha value is -3.52. The fourth-order valence-electron chi connectivity index (χ4n) is 3.97. The van der Waals surface area contributed by atoms with Crippen molar-refractivity contribution in [3.05, 3.63) is 76.6 Å². The first-order valence-electron chi connectivity index (χ1n) is 9.89. The van der Waals surface area contributed by atoms with Crippen LogP contribution in [0.2, 0.25) is 5.02 Å². The molecule has 1 atom stereocenters. The van der Waals surface area contributed by atoms with Crippen molar-refractivity contribution in [1.29, 1.82) is 0 Å². The second kappa shape index (κ2) is 7.31. The molecule has 31 heavy (non-hydrogen) atoms. The van der Waals surface area contributed by atoms with Gasteiger partial charge in [0.25, 0.3) is 5.91 Å². The lowest BCUT2D eigenvalue weighted by molar-refractivity contribution is 0.0726. The van der Waals surface area contributed by atoms with Gasteiger partial charge in [-0.1, -0.05) is 23.8 Å². The van der Waals surface area contributed by atoms with Crippen molar-refractivity contribution < 1.29 is 4.79 Å². The zero-order valence-corrected chi connectivity index (χ0v) is 17.9. The van der Waals surface area contributed by atoms with E-state index in [9.17, 15) is 4.79 Å². The molecule has 1 saturated heterocycles. The third-order valence-electron chi connectivity index (χ3n) is 5.54. The quantitative estimate of drug-likeness (QED) is 0.494. The number of aromatic nitrogens is 6. The molecule has 1 aliphatic rings. The normalized spacial score (nSPS) is 16.4. The Balaban J connectivity index is 1.57. The number of carbonyl (C=O) groups is 1. The first kappa shape index (κ1) is 19.4. The van der Waals surface area contributed by atoms with Crippen molar-refractivity contribution in [3.63, 3.8) is 0 Å². The van der Waals surface area contributed by atoms with E-state index in [1.54, 1.807) is 17.3 Å². The highest BCUT2D eigenvalue weighted by atomic mass is 35.5. The lowest BCUT2D eigenvalue weighted by Crippen LogP contribution is -2.33. The van der Waals surface area contributed by atoms with Crippen molar-refractivity contribution in [2.24, 2.45) is 0 Å². The predicted molar refractivity (Wildman–Crippen MR) is 117 cm³/mol. The van der Waals surface area contributed by atoms with Gasteiger partial charge in [-0.05, 0) is 50.1 Å². The smallest absolute Gasteiger partial charge is 0.275 e. The molecule has 0 saturated carbocycles. The molecule has 3 aromatic heterocycles. The third kappa shape index (κ3) is 3.29. The zero-order valence-electron chi connectivity index (χ0n) is 17.1. The monoisotopic (exact) mass is 433 g/mol. The number of aryl methyl sites for hydroxylation is 2. The number of imidazole rings is 1. The Labute approximate surface area is 183 Å². The number of hydrogen-bond donors (Lipinski definition) is 1. The van der Waals surface area contributed by atoms with Crippen LogP contribution in [0.25, 0.3) is 16.7 Å². The van der Waals surface area contributed by atoms with Crippen LogP contribution in [-0.2, 0) is 0 Å². The van der Waals surface area contributed by atoms with Crippen LogP contribution in [0.3, 0.4) is 0 Å². The van der Waals surface area contributed by atoms with Gasteiger partial charge in [-0.2, -0.15) is 10.2 Å². The lowest BCUT2D eigenvalue weighted by Gasteiger charge is -2.23. The maximum absolute atomic E-state index is 13.7. The Morgan fingerprint density at radius 2 is 1.94 bits per heavy atom. The van der Waals surface area contributed by atoms with E-state index in [-0.39, 0.29) is 11.9 Å². The van der Waals surface area contributed by atoms with Crippen LogP contribution in [0.4, 0.5) is 0 Å². The van der Waals surface area contributed by atoms with E-state index in [2.05, 4.69) is 26.7 Å². The highest BCUT2D eigenvalue weighted by Crippen LogP contribution is 2.36. The molecule has 0 radical (unpaired) electrons. The molecule has 9 heteroatoms. The van der Waals surface area contributed by atoms with Crippen molar-refractivity contribution in [1.82, 2.24) is 34.8 Å². The van der Waals surface area contributed by atoms with E-state index in [0.29, 0.717) is 35.2 Å². The fourth-order valence-corrected chi connectivity index (χ4v) is 4.12. The molecule has 1 aromatic carbocycles. The zero-order chi connectivity index (χ0) is 21.7. The molecule has 0 unspecified atom stereocenters. The molecule has 1 amide bonds. The van der Waals surface area contributed by atoms with Crippen LogP contribution in [0.1, 0.15) is 40.0 Å². The van der Waals surface area contributed by atoms with Crippen molar-refractivity contribution in [2.75, 3.05) is 6.54 Å². The first-order valence-corrected chi connectivity index (χ1v) is 10.3. The van der Waals surface area contributed by atoms with E-state index >= 15 is 0 Å². The number of halogens is 1. The van der Waals surface area contributed by atoms with Crippen LogP contribution in [0.5, 0.6) is 0 Å². The molecule has 1 fully saturated rings. The van der Waals surface area contributed by atoms with Crippen LogP contribution in [-0.4, -0.2) is 47.3 Å². The average molecular weight is 434 g/mol. The van der Waals surface area contributed by atoms with Crippen molar-refractivity contribution in [2.45, 2.75) is 26.3 Å². The van der Waals surface area contributed by atoms with E-state index < -0.39 is 0 Å². The Morgan fingerprint density at radius 1 is 1.16 bits per heavy atom. The van der Waals surface area contributed by atoms with E-state index in [1.807, 2.05) is 38.1 Å². The number of fused-ring (bicyclic) bond motifs is 1. The number of rotatable bonds is 3. The summed E-state index contributed by atoms with van der Waals surface area (Å²) >= 11 is 6.27. The van der Waals surface area contributed by atoms with Gasteiger partial charge in [-0.3, -0.25) is 4.79 Å². The number of benzene rings is 1. The second-order valence-electron chi connectivity index (χ2n) is 7.73. The molecule has 1 aliphatic heterocycles. The summed E-state index contributed by atoms with van der Waals surface area (Å²) in [5.41, 5.74) is 5.13. The number of hydrogen-bond acceptors (Lipinski definition) is 5. The van der Waals surface area contributed by atoms with Gasteiger partial charge in [-0.25, -0.2) is 9.97 Å². The number of amides is 1. The fraction of sp³-hybridized carbons (Fsp3) is 0.227. The van der Waals surface area contributed by atoms with Crippen LogP contribution < -0.4 is 0 Å². The topological polar surface area (TPSA) is 92.6 Å². The summed E-state index contributed by atoms with van der Waals surface area (Å²) in [4.78, 5) is 29.5. The van der Waals surface area contributed by atoms with Crippen molar-refractivity contribution >= 4 is 28.5 Å².